The summed E-state index contributed by atoms with van der Waals surface area (Å²) in [7, 11) is 0. The second kappa shape index (κ2) is 6.74. The van der Waals surface area contributed by atoms with Gasteiger partial charge in [0, 0.05) is 24.5 Å². The summed E-state index contributed by atoms with van der Waals surface area (Å²) in [5.41, 5.74) is -0.0231. The van der Waals surface area contributed by atoms with Crippen molar-refractivity contribution in [2.45, 2.75) is 71.3 Å². The molecule has 3 heteroatoms. The van der Waals surface area contributed by atoms with E-state index < -0.39 is 0 Å². The topological polar surface area (TPSA) is 32.3 Å². The van der Waals surface area contributed by atoms with Crippen molar-refractivity contribution in [1.29, 1.82) is 0 Å². The van der Waals surface area contributed by atoms with Gasteiger partial charge in [0.2, 0.25) is 5.91 Å². The number of nitrogens with one attached hydrogen (secondary N) is 1. The fourth-order valence-corrected chi connectivity index (χ4v) is 3.81. The molecule has 0 spiro atoms. The number of hydrogen-bond acceptors (Lipinski definition) is 2. The number of nitrogens with zero attached hydrogens (tertiary/aromatic N) is 1. The summed E-state index contributed by atoms with van der Waals surface area (Å²) >= 11 is 0. The van der Waals surface area contributed by atoms with Crippen molar-refractivity contribution >= 4 is 5.91 Å². The lowest BCUT2D eigenvalue weighted by atomic mass is 9.81. The molecule has 2 fully saturated rings. The van der Waals surface area contributed by atoms with Gasteiger partial charge in [-0.3, -0.25) is 4.79 Å². The van der Waals surface area contributed by atoms with Gasteiger partial charge in [-0.25, -0.2) is 0 Å². The van der Waals surface area contributed by atoms with E-state index in [0.29, 0.717) is 11.9 Å². The molecule has 0 bridgehead atoms. The van der Waals surface area contributed by atoms with E-state index in [1.54, 1.807) is 0 Å². The first-order valence-corrected chi connectivity index (χ1v) is 8.24. The summed E-state index contributed by atoms with van der Waals surface area (Å²) in [5, 5.41) is 3.57. The highest BCUT2D eigenvalue weighted by molar-refractivity contribution is 5.83. The van der Waals surface area contributed by atoms with E-state index in [1.165, 1.54) is 32.1 Å². The van der Waals surface area contributed by atoms with E-state index in [4.69, 9.17) is 0 Å². The van der Waals surface area contributed by atoms with Crippen molar-refractivity contribution in [3.8, 4) is 0 Å². The summed E-state index contributed by atoms with van der Waals surface area (Å²) in [6.07, 6.45) is 9.52. The summed E-state index contributed by atoms with van der Waals surface area (Å²) in [4.78, 5) is 15.0. The molecule has 0 aromatic rings. The fraction of sp³-hybridized carbons (Fsp3) is 0.938. The van der Waals surface area contributed by atoms with Gasteiger partial charge in [0.1, 0.15) is 0 Å². The van der Waals surface area contributed by atoms with Crippen molar-refractivity contribution in [2.75, 3.05) is 19.6 Å². The fourth-order valence-electron chi connectivity index (χ4n) is 3.81. The summed E-state index contributed by atoms with van der Waals surface area (Å²) in [5.74, 6) is 0.433. The molecule has 0 radical (unpaired) electrons. The molecule has 0 aromatic heterocycles. The van der Waals surface area contributed by atoms with Gasteiger partial charge in [0.25, 0.3) is 0 Å². The number of amides is 1. The second-order valence-corrected chi connectivity index (χ2v) is 6.33. The van der Waals surface area contributed by atoms with E-state index >= 15 is 0 Å². The first-order valence-electron chi connectivity index (χ1n) is 8.24. The van der Waals surface area contributed by atoms with Crippen LogP contribution in [0.4, 0.5) is 0 Å². The molecule has 1 unspecified atom stereocenters. The lowest BCUT2D eigenvalue weighted by Gasteiger charge is -2.36. The molecule has 1 heterocycles. The Balaban J connectivity index is 1.97. The number of rotatable bonds is 5. The van der Waals surface area contributed by atoms with Gasteiger partial charge in [0.15, 0.2) is 0 Å². The summed E-state index contributed by atoms with van der Waals surface area (Å²) < 4.78 is 0. The van der Waals surface area contributed by atoms with E-state index in [0.717, 1.165) is 38.9 Å². The maximum Gasteiger partial charge on any atom is 0.228 e. The van der Waals surface area contributed by atoms with Crippen molar-refractivity contribution in [3.05, 3.63) is 0 Å². The summed E-state index contributed by atoms with van der Waals surface area (Å²) in [6.45, 7) is 7.21. The highest BCUT2D eigenvalue weighted by atomic mass is 16.2. The van der Waals surface area contributed by atoms with Crippen molar-refractivity contribution in [2.24, 2.45) is 5.41 Å². The monoisotopic (exact) mass is 266 g/mol. The average molecular weight is 266 g/mol. The molecule has 1 aliphatic heterocycles. The number of carbonyl (C=O) groups is 1. The van der Waals surface area contributed by atoms with Crippen LogP contribution in [-0.4, -0.2) is 36.5 Å². The minimum absolute atomic E-state index is 0.0231. The van der Waals surface area contributed by atoms with Gasteiger partial charge in [-0.2, -0.15) is 0 Å². The van der Waals surface area contributed by atoms with Crippen LogP contribution in [-0.2, 0) is 4.79 Å². The standard InChI is InChI=1S/C16H30N2O/c1-3-16(10-6-7-11-16)15(19)18(4-2)13-14-9-5-8-12-17-14/h14,17H,3-13H2,1-2H3. The number of likely N-dealkylation sites (N-methyl/N-ethyl adjacent to an activating group) is 1. The first-order chi connectivity index (χ1) is 9.22. The van der Waals surface area contributed by atoms with E-state index in [-0.39, 0.29) is 5.41 Å². The van der Waals surface area contributed by atoms with Gasteiger partial charge in [-0.05, 0) is 45.6 Å². The minimum atomic E-state index is -0.0231. The van der Waals surface area contributed by atoms with Gasteiger partial charge in [-0.1, -0.05) is 26.2 Å². The van der Waals surface area contributed by atoms with Crippen LogP contribution in [0.5, 0.6) is 0 Å². The van der Waals surface area contributed by atoms with Crippen molar-refractivity contribution in [1.82, 2.24) is 10.2 Å². The van der Waals surface area contributed by atoms with Crippen LogP contribution < -0.4 is 5.32 Å². The van der Waals surface area contributed by atoms with Gasteiger partial charge in [0.05, 0.1) is 0 Å². The molecule has 1 saturated heterocycles. The predicted octanol–water partition coefficient (Wildman–Crippen LogP) is 2.95. The molecular formula is C16H30N2O. The Labute approximate surface area is 118 Å². The Bertz CT molecular complexity index is 291. The molecule has 19 heavy (non-hydrogen) atoms. The average Bonchev–Trinajstić information content (AvgIpc) is 2.95. The predicted molar refractivity (Wildman–Crippen MR) is 79.1 cm³/mol. The van der Waals surface area contributed by atoms with Gasteiger partial charge < -0.3 is 10.2 Å². The lowest BCUT2D eigenvalue weighted by Crippen LogP contribution is -2.49. The largest absolute Gasteiger partial charge is 0.341 e. The molecule has 2 rings (SSSR count). The third-order valence-corrected chi connectivity index (χ3v) is 5.21. The van der Waals surface area contributed by atoms with Gasteiger partial charge in [-0.15, -0.1) is 0 Å². The molecule has 3 nitrogen and oxygen atoms in total. The summed E-state index contributed by atoms with van der Waals surface area (Å²) in [6, 6.07) is 0.521. The Morgan fingerprint density at radius 2 is 1.95 bits per heavy atom. The van der Waals surface area contributed by atoms with Crippen molar-refractivity contribution in [3.63, 3.8) is 0 Å². The Morgan fingerprint density at radius 1 is 1.21 bits per heavy atom. The highest BCUT2D eigenvalue weighted by Crippen LogP contribution is 2.42. The number of piperidine rings is 1. The Hall–Kier alpha value is -0.570. The zero-order chi connectivity index (χ0) is 13.7. The molecule has 1 amide bonds. The zero-order valence-electron chi connectivity index (χ0n) is 12.7. The Kier molecular flexibility index (Phi) is 5.26. The van der Waals surface area contributed by atoms with Crippen molar-refractivity contribution < 1.29 is 4.79 Å². The molecule has 1 atom stereocenters. The quantitative estimate of drug-likeness (QED) is 0.830. The second-order valence-electron chi connectivity index (χ2n) is 6.33. The van der Waals surface area contributed by atoms with Crippen LogP contribution in [0.25, 0.3) is 0 Å². The van der Waals surface area contributed by atoms with Gasteiger partial charge >= 0.3 is 0 Å². The van der Waals surface area contributed by atoms with Crippen LogP contribution in [0.1, 0.15) is 65.2 Å². The van der Waals surface area contributed by atoms with E-state index in [2.05, 4.69) is 24.1 Å². The van der Waals surface area contributed by atoms with E-state index in [9.17, 15) is 4.79 Å². The van der Waals surface area contributed by atoms with Crippen LogP contribution in [0.3, 0.4) is 0 Å². The third kappa shape index (κ3) is 3.31. The van der Waals surface area contributed by atoms with Crippen LogP contribution >= 0.6 is 0 Å². The maximum atomic E-state index is 12.9. The third-order valence-electron chi connectivity index (χ3n) is 5.21. The molecule has 1 aliphatic carbocycles. The van der Waals surface area contributed by atoms with E-state index in [1.807, 2.05) is 0 Å². The maximum absolute atomic E-state index is 12.9. The molecule has 110 valence electrons. The first kappa shape index (κ1) is 14.8. The number of hydrogen-bond donors (Lipinski definition) is 1. The molecule has 0 aromatic carbocycles. The van der Waals surface area contributed by atoms with Crippen LogP contribution in [0, 0.1) is 5.41 Å². The molecule has 2 aliphatic rings. The zero-order valence-corrected chi connectivity index (χ0v) is 12.7. The smallest absolute Gasteiger partial charge is 0.228 e. The molecule has 1 N–H and O–H groups in total. The minimum Gasteiger partial charge on any atom is -0.341 e. The SMILES string of the molecule is CCN(CC1CCCCN1)C(=O)C1(CC)CCCC1. The molecule has 1 saturated carbocycles. The Morgan fingerprint density at radius 3 is 2.47 bits per heavy atom. The normalized spacial score (nSPS) is 26.3. The lowest BCUT2D eigenvalue weighted by molar-refractivity contribution is -0.142. The number of carbonyl (C=O) groups excluding carboxylic acids is 1. The highest BCUT2D eigenvalue weighted by Gasteiger charge is 2.41. The molecular weight excluding hydrogens is 236 g/mol. The van der Waals surface area contributed by atoms with Crippen LogP contribution in [0.15, 0.2) is 0 Å². The van der Waals surface area contributed by atoms with Crippen LogP contribution in [0.2, 0.25) is 0 Å².